The molecule has 2 heterocycles. The monoisotopic (exact) mass is 529 g/mol. The van der Waals surface area contributed by atoms with Crippen LogP contribution in [0, 0.1) is 0 Å². The number of rotatable bonds is 6. The summed E-state index contributed by atoms with van der Waals surface area (Å²) in [6.45, 7) is 1.25. The highest BCUT2D eigenvalue weighted by atomic mass is 16.5. The molecule has 39 heavy (non-hydrogen) atoms. The van der Waals surface area contributed by atoms with Crippen LogP contribution in [0.5, 0.6) is 17.2 Å². The van der Waals surface area contributed by atoms with Crippen LogP contribution in [0.15, 0.2) is 66.2 Å². The van der Waals surface area contributed by atoms with Gasteiger partial charge in [0.15, 0.2) is 11.5 Å². The number of anilines is 3. The lowest BCUT2D eigenvalue weighted by Crippen LogP contribution is -2.29. The van der Waals surface area contributed by atoms with Gasteiger partial charge in [-0.3, -0.25) is 14.5 Å². The number of ether oxygens (including phenoxy) is 3. The smallest absolute Gasteiger partial charge is 0.300 e. The van der Waals surface area contributed by atoms with Crippen molar-refractivity contribution in [3.63, 3.8) is 0 Å². The van der Waals surface area contributed by atoms with E-state index in [4.69, 9.17) is 14.2 Å². The van der Waals surface area contributed by atoms with Gasteiger partial charge in [-0.1, -0.05) is 6.07 Å². The highest BCUT2D eigenvalue weighted by Gasteiger charge is 2.47. The summed E-state index contributed by atoms with van der Waals surface area (Å²) in [7, 11) is 8.83. The highest BCUT2D eigenvalue weighted by molar-refractivity contribution is 6.51. The number of likely N-dealkylation sites (N-methyl/N-ethyl adjacent to an activating group) is 1. The predicted octanol–water partition coefficient (Wildman–Crippen LogP) is 4.22. The number of benzene rings is 3. The van der Waals surface area contributed by atoms with Crippen LogP contribution in [0.4, 0.5) is 17.1 Å². The van der Waals surface area contributed by atoms with Crippen LogP contribution in [0.25, 0.3) is 5.76 Å². The van der Waals surface area contributed by atoms with Crippen molar-refractivity contribution in [2.75, 3.05) is 63.2 Å². The van der Waals surface area contributed by atoms with Gasteiger partial charge in [0.05, 0.1) is 38.1 Å². The Labute approximate surface area is 227 Å². The first-order chi connectivity index (χ1) is 18.7. The summed E-state index contributed by atoms with van der Waals surface area (Å²) in [5, 5.41) is 11.6. The predicted molar refractivity (Wildman–Crippen MR) is 150 cm³/mol. The van der Waals surface area contributed by atoms with Crippen molar-refractivity contribution >= 4 is 34.5 Å². The van der Waals surface area contributed by atoms with Crippen molar-refractivity contribution in [3.05, 3.63) is 77.4 Å². The van der Waals surface area contributed by atoms with E-state index in [2.05, 4.69) is 0 Å². The normalized spacial score (nSPS) is 18.0. The number of Topliss-reactive ketones (excluding diaryl/α,β-unsaturated/α-hetero) is 1. The summed E-state index contributed by atoms with van der Waals surface area (Å²) in [6.07, 6.45) is 0. The Balaban J connectivity index is 1.70. The fraction of sp³-hybridized carbons (Fsp3) is 0.267. The second-order valence-electron chi connectivity index (χ2n) is 9.65. The summed E-state index contributed by atoms with van der Waals surface area (Å²) >= 11 is 0. The van der Waals surface area contributed by atoms with Crippen LogP contribution in [0.1, 0.15) is 17.2 Å². The standard InChI is InChI=1S/C30H31N3O6/c1-31(2)20-8-10-21(11-9-20)33-27(18-6-13-24(37-4)25(17-18)38-5)26(29(35)30(33)36)28(34)19-7-12-23-22(16-19)32(3)14-15-39-23/h6-13,16-17,27,34H,14-15H2,1-5H3/b28-26+. The largest absolute Gasteiger partial charge is 0.507 e. The molecule has 0 bridgehead atoms. The third-order valence-corrected chi connectivity index (χ3v) is 7.14. The van der Waals surface area contributed by atoms with Gasteiger partial charge in [0.25, 0.3) is 11.7 Å². The zero-order chi connectivity index (χ0) is 27.8. The highest BCUT2D eigenvalue weighted by Crippen LogP contribution is 2.45. The number of hydrogen-bond acceptors (Lipinski definition) is 8. The minimum atomic E-state index is -0.903. The maximum Gasteiger partial charge on any atom is 0.300 e. The van der Waals surface area contributed by atoms with Crippen molar-refractivity contribution in [2.24, 2.45) is 0 Å². The Morgan fingerprint density at radius 1 is 0.974 bits per heavy atom. The minimum Gasteiger partial charge on any atom is -0.507 e. The van der Waals surface area contributed by atoms with Crippen LogP contribution in [-0.4, -0.2) is 65.3 Å². The first kappa shape index (κ1) is 26.0. The summed E-state index contributed by atoms with van der Waals surface area (Å²) in [5.41, 5.74) is 3.25. The van der Waals surface area contributed by atoms with Gasteiger partial charge in [0.1, 0.15) is 18.1 Å². The minimum absolute atomic E-state index is 0.0109. The van der Waals surface area contributed by atoms with Crippen LogP contribution < -0.4 is 28.9 Å². The van der Waals surface area contributed by atoms with E-state index in [-0.39, 0.29) is 11.3 Å². The number of aliphatic hydroxyl groups excluding tert-OH is 1. The Morgan fingerprint density at radius 2 is 1.69 bits per heavy atom. The molecule has 1 fully saturated rings. The lowest BCUT2D eigenvalue weighted by Gasteiger charge is -2.28. The third kappa shape index (κ3) is 4.50. The quantitative estimate of drug-likeness (QED) is 0.288. The molecule has 0 aliphatic carbocycles. The molecular formula is C30H31N3O6. The maximum absolute atomic E-state index is 13.6. The van der Waals surface area contributed by atoms with Crippen molar-refractivity contribution < 1.29 is 28.9 Å². The molecule has 9 heteroatoms. The zero-order valence-corrected chi connectivity index (χ0v) is 22.6. The van der Waals surface area contributed by atoms with E-state index in [1.165, 1.54) is 19.1 Å². The Hall–Kier alpha value is -4.66. The molecule has 9 nitrogen and oxygen atoms in total. The molecule has 0 saturated carbocycles. The van der Waals surface area contributed by atoms with E-state index in [1.807, 2.05) is 43.1 Å². The van der Waals surface area contributed by atoms with Gasteiger partial charge in [-0.2, -0.15) is 0 Å². The molecule has 0 aromatic heterocycles. The molecule has 3 aromatic rings. The van der Waals surface area contributed by atoms with E-state index in [1.54, 1.807) is 48.5 Å². The van der Waals surface area contributed by atoms with E-state index in [0.29, 0.717) is 47.2 Å². The van der Waals surface area contributed by atoms with Crippen molar-refractivity contribution in [1.29, 1.82) is 0 Å². The van der Waals surface area contributed by atoms with Crippen LogP contribution in [0.2, 0.25) is 0 Å². The molecule has 1 saturated heterocycles. The summed E-state index contributed by atoms with van der Waals surface area (Å²) in [4.78, 5) is 32.5. The molecule has 1 N–H and O–H groups in total. The molecule has 1 atom stereocenters. The van der Waals surface area contributed by atoms with Gasteiger partial charge in [-0.15, -0.1) is 0 Å². The first-order valence-corrected chi connectivity index (χ1v) is 12.5. The topological polar surface area (TPSA) is 91.8 Å². The van der Waals surface area contributed by atoms with E-state index >= 15 is 0 Å². The summed E-state index contributed by atoms with van der Waals surface area (Å²) in [5.74, 6) is -0.124. The molecule has 2 aliphatic heterocycles. The second kappa shape index (κ2) is 10.2. The molecule has 5 rings (SSSR count). The number of methoxy groups -OCH3 is 2. The Kier molecular flexibility index (Phi) is 6.82. The molecule has 0 spiro atoms. The number of fused-ring (bicyclic) bond motifs is 1. The SMILES string of the molecule is COc1ccc(C2/C(=C(\O)c3ccc4c(c3)N(C)CCO4)C(=O)C(=O)N2c2ccc(N(C)C)cc2)cc1OC. The van der Waals surface area contributed by atoms with Gasteiger partial charge in [0, 0.05) is 38.1 Å². The molecule has 2 aliphatic rings. The van der Waals surface area contributed by atoms with Crippen molar-refractivity contribution in [3.8, 4) is 17.2 Å². The number of amides is 1. The van der Waals surface area contributed by atoms with Gasteiger partial charge in [-0.05, 0) is 60.2 Å². The number of carbonyl (C=O) groups excluding carboxylic acids is 2. The molecule has 1 amide bonds. The molecule has 202 valence electrons. The van der Waals surface area contributed by atoms with E-state index in [0.717, 1.165) is 11.4 Å². The van der Waals surface area contributed by atoms with E-state index in [9.17, 15) is 14.7 Å². The number of nitrogens with zero attached hydrogens (tertiary/aromatic N) is 3. The van der Waals surface area contributed by atoms with Crippen LogP contribution in [0.3, 0.4) is 0 Å². The fourth-order valence-corrected chi connectivity index (χ4v) is 5.00. The summed E-state index contributed by atoms with van der Waals surface area (Å²) in [6, 6.07) is 16.9. The van der Waals surface area contributed by atoms with Crippen molar-refractivity contribution in [1.82, 2.24) is 0 Å². The average molecular weight is 530 g/mol. The Bertz CT molecular complexity index is 1460. The molecular weight excluding hydrogens is 498 g/mol. The van der Waals surface area contributed by atoms with Crippen LogP contribution >= 0.6 is 0 Å². The van der Waals surface area contributed by atoms with E-state index < -0.39 is 17.7 Å². The van der Waals surface area contributed by atoms with Crippen LogP contribution in [-0.2, 0) is 9.59 Å². The van der Waals surface area contributed by atoms with Gasteiger partial charge in [-0.25, -0.2) is 0 Å². The molecule has 0 radical (unpaired) electrons. The first-order valence-electron chi connectivity index (χ1n) is 12.5. The fourth-order valence-electron chi connectivity index (χ4n) is 5.00. The molecule has 3 aromatic carbocycles. The van der Waals surface area contributed by atoms with Crippen molar-refractivity contribution in [2.45, 2.75) is 6.04 Å². The lowest BCUT2D eigenvalue weighted by atomic mass is 9.94. The summed E-state index contributed by atoms with van der Waals surface area (Å²) < 4.78 is 16.6. The number of hydrogen-bond donors (Lipinski definition) is 1. The number of ketones is 1. The lowest BCUT2D eigenvalue weighted by molar-refractivity contribution is -0.132. The average Bonchev–Trinajstić information content (AvgIpc) is 3.22. The number of aliphatic hydroxyl groups is 1. The second-order valence-corrected chi connectivity index (χ2v) is 9.65. The maximum atomic E-state index is 13.6. The molecule has 1 unspecified atom stereocenters. The van der Waals surface area contributed by atoms with Gasteiger partial charge < -0.3 is 29.1 Å². The zero-order valence-electron chi connectivity index (χ0n) is 22.6. The van der Waals surface area contributed by atoms with Gasteiger partial charge in [0.2, 0.25) is 0 Å². The Morgan fingerprint density at radius 3 is 2.36 bits per heavy atom. The number of carbonyl (C=O) groups is 2. The van der Waals surface area contributed by atoms with Gasteiger partial charge >= 0.3 is 0 Å². The third-order valence-electron chi connectivity index (χ3n) is 7.14.